The number of piperidine rings is 1. The van der Waals surface area contributed by atoms with Crippen LogP contribution in [0.1, 0.15) is 46.5 Å². The Hall–Kier alpha value is -0.730. The second kappa shape index (κ2) is 5.38. The summed E-state index contributed by atoms with van der Waals surface area (Å²) in [6.45, 7) is 9.59. The molecule has 0 bridgehead atoms. The fraction of sp³-hybridized carbons (Fsp3) is 0.917. The summed E-state index contributed by atoms with van der Waals surface area (Å²) in [5.41, 5.74) is 6.48. The van der Waals surface area contributed by atoms with Crippen LogP contribution in [-0.2, 0) is 0 Å². The van der Waals surface area contributed by atoms with Crippen LogP contribution in [0.2, 0.25) is 0 Å². The molecule has 0 unspecified atom stereocenters. The van der Waals surface area contributed by atoms with Gasteiger partial charge in [-0.25, -0.2) is 0 Å². The summed E-state index contributed by atoms with van der Waals surface area (Å²) in [6, 6.07) is 0. The second-order valence-electron chi connectivity index (χ2n) is 4.53. The van der Waals surface area contributed by atoms with E-state index >= 15 is 0 Å². The first-order valence-corrected chi connectivity index (χ1v) is 6.22. The van der Waals surface area contributed by atoms with E-state index in [-0.39, 0.29) is 0 Å². The first-order valence-electron chi connectivity index (χ1n) is 6.22. The maximum Gasteiger partial charge on any atom is 0.191 e. The van der Waals surface area contributed by atoms with Crippen LogP contribution in [0.25, 0.3) is 0 Å². The molecule has 1 fully saturated rings. The van der Waals surface area contributed by atoms with Crippen molar-refractivity contribution in [3.8, 4) is 0 Å². The van der Waals surface area contributed by atoms with Crippen LogP contribution in [0.15, 0.2) is 4.99 Å². The molecule has 0 aromatic heterocycles. The molecular weight excluding hydrogens is 186 g/mol. The number of hydrogen-bond acceptors (Lipinski definition) is 1. The minimum absolute atomic E-state index is 0.572. The number of aliphatic imine (C=N–C) groups is 1. The minimum atomic E-state index is 0.572. The van der Waals surface area contributed by atoms with Gasteiger partial charge in [0.05, 0.1) is 0 Å². The summed E-state index contributed by atoms with van der Waals surface area (Å²) < 4.78 is 0. The molecule has 1 saturated heterocycles. The van der Waals surface area contributed by atoms with E-state index < -0.39 is 0 Å². The molecule has 1 heterocycles. The predicted molar refractivity (Wildman–Crippen MR) is 66.0 cm³/mol. The summed E-state index contributed by atoms with van der Waals surface area (Å²) in [4.78, 5) is 6.50. The van der Waals surface area contributed by atoms with Gasteiger partial charge in [0.1, 0.15) is 0 Å². The molecule has 0 aromatic rings. The van der Waals surface area contributed by atoms with E-state index in [9.17, 15) is 0 Å². The lowest BCUT2D eigenvalue weighted by atomic mass is 9.74. The highest BCUT2D eigenvalue weighted by Crippen LogP contribution is 2.37. The van der Waals surface area contributed by atoms with Crippen LogP contribution in [0.5, 0.6) is 0 Å². The van der Waals surface area contributed by atoms with Crippen LogP contribution < -0.4 is 5.73 Å². The van der Waals surface area contributed by atoms with Gasteiger partial charge in [0, 0.05) is 19.6 Å². The Morgan fingerprint density at radius 1 is 1.20 bits per heavy atom. The normalized spacial score (nSPS) is 21.8. The maximum absolute atomic E-state index is 5.91. The third-order valence-electron chi connectivity index (χ3n) is 3.97. The minimum Gasteiger partial charge on any atom is -0.370 e. The van der Waals surface area contributed by atoms with Crippen LogP contribution in [0, 0.1) is 5.41 Å². The van der Waals surface area contributed by atoms with Gasteiger partial charge < -0.3 is 10.6 Å². The molecule has 0 saturated carbocycles. The Kier molecular flexibility index (Phi) is 4.43. The molecular formula is C12H25N3. The van der Waals surface area contributed by atoms with Gasteiger partial charge in [-0.05, 0) is 25.2 Å². The molecule has 15 heavy (non-hydrogen) atoms. The molecule has 3 heteroatoms. The molecule has 3 nitrogen and oxygen atoms in total. The van der Waals surface area contributed by atoms with Gasteiger partial charge in [-0.1, -0.05) is 26.7 Å². The zero-order valence-corrected chi connectivity index (χ0v) is 10.4. The molecule has 2 N–H and O–H groups in total. The standard InChI is InChI=1S/C12H25N3/c1-4-12(5-2)7-9-15(10-8-12)11(13)14-6-3/h4-10H2,1-3H3,(H2,13,14). The Morgan fingerprint density at radius 3 is 2.13 bits per heavy atom. The van der Waals surface area contributed by atoms with Gasteiger partial charge in [0.25, 0.3) is 0 Å². The van der Waals surface area contributed by atoms with Crippen LogP contribution in [0.3, 0.4) is 0 Å². The molecule has 0 radical (unpaired) electrons. The maximum atomic E-state index is 5.91. The second-order valence-corrected chi connectivity index (χ2v) is 4.53. The highest BCUT2D eigenvalue weighted by Gasteiger charge is 2.31. The highest BCUT2D eigenvalue weighted by molar-refractivity contribution is 5.78. The van der Waals surface area contributed by atoms with Crippen molar-refractivity contribution in [2.75, 3.05) is 19.6 Å². The molecule has 0 aliphatic carbocycles. The van der Waals surface area contributed by atoms with E-state index in [1.807, 2.05) is 6.92 Å². The van der Waals surface area contributed by atoms with Crippen LogP contribution >= 0.6 is 0 Å². The number of guanidine groups is 1. The number of nitrogens with zero attached hydrogens (tertiary/aromatic N) is 2. The molecule has 88 valence electrons. The van der Waals surface area contributed by atoms with Crippen LogP contribution in [-0.4, -0.2) is 30.5 Å². The van der Waals surface area contributed by atoms with Crippen molar-refractivity contribution in [2.45, 2.75) is 46.5 Å². The van der Waals surface area contributed by atoms with Crippen molar-refractivity contribution in [3.63, 3.8) is 0 Å². The van der Waals surface area contributed by atoms with Crippen molar-refractivity contribution in [1.29, 1.82) is 0 Å². The average Bonchev–Trinajstić information content (AvgIpc) is 2.29. The van der Waals surface area contributed by atoms with Gasteiger partial charge in [0.2, 0.25) is 0 Å². The van der Waals surface area contributed by atoms with Crippen LogP contribution in [0.4, 0.5) is 0 Å². The quantitative estimate of drug-likeness (QED) is 0.574. The van der Waals surface area contributed by atoms with Gasteiger partial charge in [-0.15, -0.1) is 0 Å². The van der Waals surface area contributed by atoms with E-state index in [0.29, 0.717) is 5.41 Å². The topological polar surface area (TPSA) is 41.6 Å². The summed E-state index contributed by atoms with van der Waals surface area (Å²) >= 11 is 0. The summed E-state index contributed by atoms with van der Waals surface area (Å²) in [5, 5.41) is 0. The third-order valence-corrected chi connectivity index (χ3v) is 3.97. The number of hydrogen-bond donors (Lipinski definition) is 1. The van der Waals surface area contributed by atoms with Crippen molar-refractivity contribution < 1.29 is 0 Å². The Morgan fingerprint density at radius 2 is 1.73 bits per heavy atom. The van der Waals surface area contributed by atoms with Crippen molar-refractivity contribution in [2.24, 2.45) is 16.1 Å². The molecule has 0 aromatic carbocycles. The molecule has 1 rings (SSSR count). The fourth-order valence-corrected chi connectivity index (χ4v) is 2.43. The Labute approximate surface area is 93.7 Å². The van der Waals surface area contributed by atoms with E-state index in [1.165, 1.54) is 25.7 Å². The Balaban J connectivity index is 2.51. The molecule has 0 amide bonds. The summed E-state index contributed by atoms with van der Waals surface area (Å²) in [7, 11) is 0. The van der Waals surface area contributed by atoms with E-state index in [4.69, 9.17) is 5.73 Å². The first-order chi connectivity index (χ1) is 7.17. The lowest BCUT2D eigenvalue weighted by molar-refractivity contribution is 0.135. The Bertz CT molecular complexity index is 209. The summed E-state index contributed by atoms with van der Waals surface area (Å²) in [5.74, 6) is 0.735. The summed E-state index contributed by atoms with van der Waals surface area (Å²) in [6.07, 6.45) is 5.12. The van der Waals surface area contributed by atoms with E-state index in [1.54, 1.807) is 0 Å². The first kappa shape index (κ1) is 12.3. The van der Waals surface area contributed by atoms with Crippen molar-refractivity contribution in [3.05, 3.63) is 0 Å². The van der Waals surface area contributed by atoms with E-state index in [2.05, 4.69) is 23.7 Å². The molecule has 1 aliphatic heterocycles. The van der Waals surface area contributed by atoms with Gasteiger partial charge in [0.15, 0.2) is 5.96 Å². The largest absolute Gasteiger partial charge is 0.370 e. The average molecular weight is 211 g/mol. The smallest absolute Gasteiger partial charge is 0.191 e. The predicted octanol–water partition coefficient (Wildman–Crippen LogP) is 2.22. The van der Waals surface area contributed by atoms with Gasteiger partial charge in [-0.2, -0.15) is 0 Å². The SMILES string of the molecule is CCN=C(N)N1CCC(CC)(CC)CC1. The number of rotatable bonds is 3. The molecule has 1 aliphatic rings. The number of nitrogens with two attached hydrogens (primary N) is 1. The third kappa shape index (κ3) is 2.86. The lowest BCUT2D eigenvalue weighted by Crippen LogP contribution is -2.46. The zero-order valence-electron chi connectivity index (χ0n) is 10.4. The molecule has 0 atom stereocenters. The van der Waals surface area contributed by atoms with Gasteiger partial charge >= 0.3 is 0 Å². The monoisotopic (exact) mass is 211 g/mol. The van der Waals surface area contributed by atoms with Crippen molar-refractivity contribution in [1.82, 2.24) is 4.90 Å². The fourth-order valence-electron chi connectivity index (χ4n) is 2.43. The van der Waals surface area contributed by atoms with Gasteiger partial charge in [-0.3, -0.25) is 4.99 Å². The van der Waals surface area contributed by atoms with Crippen molar-refractivity contribution >= 4 is 5.96 Å². The lowest BCUT2D eigenvalue weighted by Gasteiger charge is -2.41. The zero-order chi connectivity index (χ0) is 11.3. The highest BCUT2D eigenvalue weighted by atomic mass is 15.3. The van der Waals surface area contributed by atoms with E-state index in [0.717, 1.165) is 25.6 Å². The molecule has 0 spiro atoms. The number of likely N-dealkylation sites (tertiary alicyclic amines) is 1.